The summed E-state index contributed by atoms with van der Waals surface area (Å²) in [6, 6.07) is 6.83. The average Bonchev–Trinajstić information content (AvgIpc) is 3.22. The monoisotopic (exact) mass is 438 g/mol. The van der Waals surface area contributed by atoms with Crippen molar-refractivity contribution in [2.75, 3.05) is 36.4 Å². The highest BCUT2D eigenvalue weighted by Gasteiger charge is 2.26. The first kappa shape index (κ1) is 21.0. The van der Waals surface area contributed by atoms with Crippen LogP contribution in [0.5, 0.6) is 0 Å². The molecule has 1 N–H and O–H groups in total. The molecule has 0 saturated carbocycles. The van der Waals surface area contributed by atoms with Crippen LogP contribution in [-0.2, 0) is 4.79 Å². The molecular weight excluding hydrogens is 416 g/mol. The predicted molar refractivity (Wildman–Crippen MR) is 121 cm³/mol. The van der Waals surface area contributed by atoms with Crippen LogP contribution in [0.25, 0.3) is 0 Å². The molecule has 160 valence electrons. The fourth-order valence-electron chi connectivity index (χ4n) is 3.50. The average molecular weight is 439 g/mol. The van der Waals surface area contributed by atoms with E-state index in [-0.39, 0.29) is 17.7 Å². The zero-order valence-corrected chi connectivity index (χ0v) is 17.8. The maximum atomic E-state index is 12.8. The lowest BCUT2D eigenvalue weighted by atomic mass is 10.1. The minimum atomic E-state index is -0.289. The van der Waals surface area contributed by atoms with Crippen molar-refractivity contribution in [3.8, 4) is 0 Å². The van der Waals surface area contributed by atoms with Crippen molar-refractivity contribution >= 4 is 47.1 Å². The second-order valence-electron chi connectivity index (χ2n) is 7.53. The number of nitrogens with one attached hydrogen (secondary N) is 1. The Morgan fingerprint density at radius 3 is 2.68 bits per heavy atom. The summed E-state index contributed by atoms with van der Waals surface area (Å²) in [4.78, 5) is 41.1. The van der Waals surface area contributed by atoms with Crippen LogP contribution < -0.4 is 10.2 Å². The maximum absolute atomic E-state index is 12.8. The van der Waals surface area contributed by atoms with Gasteiger partial charge in [0.2, 0.25) is 5.91 Å². The van der Waals surface area contributed by atoms with Crippen LogP contribution in [0.1, 0.15) is 23.2 Å². The van der Waals surface area contributed by atoms with Crippen molar-refractivity contribution in [2.24, 2.45) is 10.9 Å². The van der Waals surface area contributed by atoms with Crippen LogP contribution in [0.4, 0.5) is 17.5 Å². The van der Waals surface area contributed by atoms with Gasteiger partial charge in [-0.3, -0.25) is 9.59 Å². The van der Waals surface area contributed by atoms with Gasteiger partial charge in [-0.2, -0.15) is 4.98 Å². The van der Waals surface area contributed by atoms with Crippen LogP contribution in [-0.4, -0.2) is 59.1 Å². The van der Waals surface area contributed by atoms with Gasteiger partial charge in [0.15, 0.2) is 5.82 Å². The van der Waals surface area contributed by atoms with Crippen LogP contribution in [0, 0.1) is 5.92 Å². The minimum Gasteiger partial charge on any atom is -0.355 e. The van der Waals surface area contributed by atoms with E-state index in [0.717, 1.165) is 31.7 Å². The van der Waals surface area contributed by atoms with E-state index >= 15 is 0 Å². The highest BCUT2D eigenvalue weighted by Crippen LogP contribution is 2.28. The Kier molecular flexibility index (Phi) is 6.27. The number of anilines is 2. The van der Waals surface area contributed by atoms with Gasteiger partial charge in [0, 0.05) is 49.6 Å². The van der Waals surface area contributed by atoms with Gasteiger partial charge in [-0.05, 0) is 43.2 Å². The molecule has 4 rings (SSSR count). The fraction of sp³-hybridized carbons (Fsp3) is 0.318. The Labute approximate surface area is 185 Å². The maximum Gasteiger partial charge on any atom is 0.253 e. The molecule has 0 radical (unpaired) electrons. The highest BCUT2D eigenvalue weighted by molar-refractivity contribution is 6.32. The number of carbonyl (C=O) groups is 2. The third kappa shape index (κ3) is 4.91. The Bertz CT molecular complexity index is 1020. The molecule has 2 amide bonds. The fourth-order valence-corrected chi connectivity index (χ4v) is 3.71. The lowest BCUT2D eigenvalue weighted by Gasteiger charge is -2.32. The topological polar surface area (TPSA) is 90.8 Å². The van der Waals surface area contributed by atoms with Crippen molar-refractivity contribution in [3.05, 3.63) is 53.7 Å². The molecule has 2 aromatic rings. The molecule has 8 nitrogen and oxygen atoms in total. The summed E-state index contributed by atoms with van der Waals surface area (Å²) >= 11 is 6.20. The normalized spacial score (nSPS) is 18.2. The Morgan fingerprint density at radius 1 is 1.23 bits per heavy atom. The lowest BCUT2D eigenvalue weighted by molar-refractivity contribution is -0.111. The molecule has 2 aliphatic heterocycles. The first-order chi connectivity index (χ1) is 15.0. The summed E-state index contributed by atoms with van der Waals surface area (Å²) in [5.41, 5.74) is 1.20. The summed E-state index contributed by atoms with van der Waals surface area (Å²) in [6.07, 6.45) is 6.57. The van der Waals surface area contributed by atoms with Gasteiger partial charge >= 0.3 is 0 Å². The number of carbonyl (C=O) groups excluding carboxylic acids is 2. The number of likely N-dealkylation sites (tertiary alicyclic amines) is 1. The van der Waals surface area contributed by atoms with Crippen molar-refractivity contribution in [1.82, 2.24) is 14.9 Å². The molecule has 31 heavy (non-hydrogen) atoms. The van der Waals surface area contributed by atoms with E-state index in [4.69, 9.17) is 11.6 Å². The standard InChI is InChI=1S/C22H23ClN6O2/c1-2-19(30)26-17-6-4-16(5-7-17)21(31)29-11-8-15(14-29)12-24-22-25-13-18(23)20(27-22)28-9-3-10-28/h2,4-7,12-13,15H,1,3,8-11,14H2,(H,26,30)/b24-12+. The molecule has 0 aliphatic carbocycles. The van der Waals surface area contributed by atoms with Gasteiger partial charge < -0.3 is 15.1 Å². The predicted octanol–water partition coefficient (Wildman–Crippen LogP) is 3.33. The molecule has 2 aliphatic rings. The molecule has 3 heterocycles. The summed E-state index contributed by atoms with van der Waals surface area (Å²) in [5.74, 6) is 0.920. The second-order valence-corrected chi connectivity index (χ2v) is 7.94. The van der Waals surface area contributed by atoms with E-state index < -0.39 is 0 Å². The second kappa shape index (κ2) is 9.26. The van der Waals surface area contributed by atoms with E-state index in [1.807, 2.05) is 11.1 Å². The minimum absolute atomic E-state index is 0.0414. The van der Waals surface area contributed by atoms with Crippen LogP contribution in [0.3, 0.4) is 0 Å². The van der Waals surface area contributed by atoms with Crippen molar-refractivity contribution < 1.29 is 9.59 Å². The van der Waals surface area contributed by atoms with E-state index in [0.29, 0.717) is 35.3 Å². The van der Waals surface area contributed by atoms with E-state index in [2.05, 4.69) is 31.8 Å². The SMILES string of the molecule is C=CC(=O)Nc1ccc(C(=O)N2CCC(/C=N/c3ncc(Cl)c(N4CCC4)n3)C2)cc1. The van der Waals surface area contributed by atoms with Crippen LogP contribution >= 0.6 is 11.6 Å². The number of benzene rings is 1. The molecule has 1 atom stereocenters. The summed E-state index contributed by atoms with van der Waals surface area (Å²) < 4.78 is 0. The number of hydrogen-bond donors (Lipinski definition) is 1. The Morgan fingerprint density at radius 2 is 2.00 bits per heavy atom. The van der Waals surface area contributed by atoms with Gasteiger partial charge in [0.05, 0.1) is 6.20 Å². The molecule has 1 aromatic carbocycles. The number of amides is 2. The third-order valence-electron chi connectivity index (χ3n) is 5.37. The number of halogens is 1. The van der Waals surface area contributed by atoms with E-state index in [9.17, 15) is 9.59 Å². The Hall–Kier alpha value is -3.26. The number of hydrogen-bond acceptors (Lipinski definition) is 6. The summed E-state index contributed by atoms with van der Waals surface area (Å²) in [7, 11) is 0. The highest BCUT2D eigenvalue weighted by atomic mass is 35.5. The van der Waals surface area contributed by atoms with Crippen molar-refractivity contribution in [1.29, 1.82) is 0 Å². The molecule has 0 spiro atoms. The molecule has 1 aromatic heterocycles. The zero-order chi connectivity index (χ0) is 21.8. The van der Waals surface area contributed by atoms with Gasteiger partial charge in [-0.15, -0.1) is 0 Å². The van der Waals surface area contributed by atoms with Gasteiger partial charge in [-0.1, -0.05) is 18.2 Å². The third-order valence-corrected chi connectivity index (χ3v) is 5.63. The Balaban J connectivity index is 1.35. The van der Waals surface area contributed by atoms with Gasteiger partial charge in [0.25, 0.3) is 11.9 Å². The number of aromatic nitrogens is 2. The van der Waals surface area contributed by atoms with Gasteiger partial charge in [-0.25, -0.2) is 9.98 Å². The van der Waals surface area contributed by atoms with Crippen LogP contribution in [0.2, 0.25) is 5.02 Å². The van der Waals surface area contributed by atoms with E-state index in [1.54, 1.807) is 30.5 Å². The zero-order valence-electron chi connectivity index (χ0n) is 17.0. The number of rotatable bonds is 6. The first-order valence-electron chi connectivity index (χ1n) is 10.2. The quantitative estimate of drug-likeness (QED) is 0.551. The smallest absolute Gasteiger partial charge is 0.253 e. The lowest BCUT2D eigenvalue weighted by Crippen LogP contribution is -2.37. The van der Waals surface area contributed by atoms with Crippen molar-refractivity contribution in [3.63, 3.8) is 0 Å². The molecule has 0 bridgehead atoms. The molecule has 9 heteroatoms. The summed E-state index contributed by atoms with van der Waals surface area (Å²) in [6.45, 7) is 6.56. The molecule has 1 unspecified atom stereocenters. The molecular formula is C22H23ClN6O2. The van der Waals surface area contributed by atoms with Gasteiger partial charge in [0.1, 0.15) is 5.02 Å². The molecule has 2 fully saturated rings. The van der Waals surface area contributed by atoms with Crippen molar-refractivity contribution in [2.45, 2.75) is 12.8 Å². The number of nitrogens with zero attached hydrogens (tertiary/aromatic N) is 5. The number of aliphatic imine (C=N–C) groups is 1. The first-order valence-corrected chi connectivity index (χ1v) is 10.6. The van der Waals surface area contributed by atoms with Crippen LogP contribution in [0.15, 0.2) is 48.1 Å². The summed E-state index contributed by atoms with van der Waals surface area (Å²) in [5, 5.41) is 3.20. The largest absolute Gasteiger partial charge is 0.355 e. The molecule has 2 saturated heterocycles. The van der Waals surface area contributed by atoms with E-state index in [1.165, 1.54) is 6.08 Å².